The monoisotopic (exact) mass is 265 g/mol. The average molecular weight is 266 g/mol. The second-order valence-electron chi connectivity index (χ2n) is 4.21. The van der Waals surface area contributed by atoms with E-state index in [1.54, 1.807) is 0 Å². The van der Waals surface area contributed by atoms with Gasteiger partial charge in [-0.05, 0) is 38.0 Å². The van der Waals surface area contributed by atoms with Gasteiger partial charge in [-0.1, -0.05) is 34.0 Å². The predicted octanol–water partition coefficient (Wildman–Crippen LogP) is 3.26. The molecule has 0 spiro atoms. The van der Waals surface area contributed by atoms with Crippen molar-refractivity contribution in [3.8, 4) is 12.3 Å². The molecule has 0 heterocycles. The summed E-state index contributed by atoms with van der Waals surface area (Å²) in [6.07, 6.45) is 5.40. The molecule has 0 aliphatic heterocycles. The van der Waals surface area contributed by atoms with Crippen LogP contribution in [0.4, 0.5) is 0 Å². The highest BCUT2D eigenvalue weighted by molar-refractivity contribution is 9.10. The Balaban J connectivity index is 2.67. The quantitative estimate of drug-likeness (QED) is 0.828. The molecule has 0 saturated carbocycles. The minimum Gasteiger partial charge on any atom is -0.298 e. The smallest absolute Gasteiger partial charge is 0.0743 e. The zero-order valence-corrected chi connectivity index (χ0v) is 11.0. The van der Waals surface area contributed by atoms with Gasteiger partial charge in [0.15, 0.2) is 0 Å². The molecule has 1 aromatic rings. The first kappa shape index (κ1) is 12.3. The zero-order valence-electron chi connectivity index (χ0n) is 9.39. The number of nitrogens with one attached hydrogen (secondary N) is 1. The maximum absolute atomic E-state index is 5.40. The van der Waals surface area contributed by atoms with Crippen molar-refractivity contribution in [2.24, 2.45) is 0 Å². The summed E-state index contributed by atoms with van der Waals surface area (Å²) in [4.78, 5) is 0. The summed E-state index contributed by atoms with van der Waals surface area (Å²) < 4.78 is 1.14. The van der Waals surface area contributed by atoms with Gasteiger partial charge in [-0.15, -0.1) is 6.42 Å². The fourth-order valence-electron chi connectivity index (χ4n) is 1.12. The Morgan fingerprint density at radius 3 is 2.67 bits per heavy atom. The largest absolute Gasteiger partial charge is 0.298 e. The third-order valence-corrected chi connectivity index (χ3v) is 3.19. The number of rotatable bonds is 3. The van der Waals surface area contributed by atoms with Crippen LogP contribution in [0.25, 0.3) is 0 Å². The molecule has 0 unspecified atom stereocenters. The number of hydrogen-bond donors (Lipinski definition) is 1. The molecular formula is C13H16BrN. The Kier molecular flexibility index (Phi) is 3.96. The van der Waals surface area contributed by atoms with Crippen LogP contribution in [0.3, 0.4) is 0 Å². The summed E-state index contributed by atoms with van der Waals surface area (Å²) in [5.74, 6) is 2.71. The van der Waals surface area contributed by atoms with Crippen LogP contribution < -0.4 is 5.32 Å². The molecule has 2 heteroatoms. The van der Waals surface area contributed by atoms with Gasteiger partial charge < -0.3 is 0 Å². The maximum atomic E-state index is 5.40. The topological polar surface area (TPSA) is 12.0 Å². The van der Waals surface area contributed by atoms with E-state index in [4.69, 9.17) is 6.42 Å². The van der Waals surface area contributed by atoms with E-state index in [1.165, 1.54) is 11.1 Å². The molecule has 15 heavy (non-hydrogen) atoms. The lowest BCUT2D eigenvalue weighted by Crippen LogP contribution is -2.36. The third kappa shape index (κ3) is 3.70. The summed E-state index contributed by atoms with van der Waals surface area (Å²) in [6.45, 7) is 6.86. The van der Waals surface area contributed by atoms with Gasteiger partial charge in [0.25, 0.3) is 0 Å². The van der Waals surface area contributed by atoms with E-state index in [2.05, 4.69) is 52.3 Å². The van der Waals surface area contributed by atoms with E-state index in [0.29, 0.717) is 0 Å². The van der Waals surface area contributed by atoms with Crippen LogP contribution in [-0.4, -0.2) is 5.54 Å². The molecule has 0 fully saturated rings. The molecule has 80 valence electrons. The van der Waals surface area contributed by atoms with E-state index in [-0.39, 0.29) is 5.54 Å². The van der Waals surface area contributed by atoms with Crippen LogP contribution in [-0.2, 0) is 6.54 Å². The number of benzene rings is 1. The predicted molar refractivity (Wildman–Crippen MR) is 68.6 cm³/mol. The van der Waals surface area contributed by atoms with Gasteiger partial charge in [0.2, 0.25) is 0 Å². The average Bonchev–Trinajstić information content (AvgIpc) is 2.20. The van der Waals surface area contributed by atoms with Crippen molar-refractivity contribution in [3.05, 3.63) is 33.8 Å². The highest BCUT2D eigenvalue weighted by atomic mass is 79.9. The van der Waals surface area contributed by atoms with Crippen molar-refractivity contribution in [3.63, 3.8) is 0 Å². The molecule has 0 atom stereocenters. The Morgan fingerprint density at radius 2 is 2.13 bits per heavy atom. The Bertz CT molecular complexity index is 388. The van der Waals surface area contributed by atoms with Crippen LogP contribution in [0.1, 0.15) is 25.0 Å². The molecule has 0 aliphatic carbocycles. The maximum Gasteiger partial charge on any atom is 0.0743 e. The first-order valence-electron chi connectivity index (χ1n) is 4.92. The fourth-order valence-corrected chi connectivity index (χ4v) is 1.55. The van der Waals surface area contributed by atoms with Crippen molar-refractivity contribution in [1.82, 2.24) is 5.32 Å². The molecule has 0 radical (unpaired) electrons. The molecule has 0 aromatic heterocycles. The van der Waals surface area contributed by atoms with Gasteiger partial charge in [0, 0.05) is 11.0 Å². The summed E-state index contributed by atoms with van der Waals surface area (Å²) >= 11 is 3.52. The van der Waals surface area contributed by atoms with Crippen LogP contribution in [0, 0.1) is 19.3 Å². The Hall–Kier alpha value is -0.780. The SMILES string of the molecule is C#CC(C)(C)NCc1ccc(C)c(Br)c1. The molecule has 1 aromatic carbocycles. The summed E-state index contributed by atoms with van der Waals surface area (Å²) in [5.41, 5.74) is 2.22. The molecule has 0 amide bonds. The van der Waals surface area contributed by atoms with E-state index in [9.17, 15) is 0 Å². The van der Waals surface area contributed by atoms with Crippen LogP contribution >= 0.6 is 15.9 Å². The lowest BCUT2D eigenvalue weighted by molar-refractivity contribution is 0.491. The molecular weight excluding hydrogens is 250 g/mol. The van der Waals surface area contributed by atoms with E-state index >= 15 is 0 Å². The summed E-state index contributed by atoms with van der Waals surface area (Å²) in [6, 6.07) is 6.33. The summed E-state index contributed by atoms with van der Waals surface area (Å²) in [5, 5.41) is 3.31. The molecule has 1 N–H and O–H groups in total. The summed E-state index contributed by atoms with van der Waals surface area (Å²) in [7, 11) is 0. The normalized spacial score (nSPS) is 11.1. The Labute approximate surface area is 100 Å². The molecule has 0 aliphatic rings. The van der Waals surface area contributed by atoms with E-state index in [1.807, 2.05) is 13.8 Å². The van der Waals surface area contributed by atoms with Gasteiger partial charge in [0.05, 0.1) is 5.54 Å². The second-order valence-corrected chi connectivity index (χ2v) is 5.06. The number of hydrogen-bond acceptors (Lipinski definition) is 1. The van der Waals surface area contributed by atoms with Gasteiger partial charge in [-0.25, -0.2) is 0 Å². The lowest BCUT2D eigenvalue weighted by atomic mass is 10.1. The van der Waals surface area contributed by atoms with Crippen molar-refractivity contribution in [2.45, 2.75) is 32.9 Å². The fraction of sp³-hybridized carbons (Fsp3) is 0.385. The van der Waals surface area contributed by atoms with Crippen molar-refractivity contribution < 1.29 is 0 Å². The lowest BCUT2D eigenvalue weighted by Gasteiger charge is -2.19. The highest BCUT2D eigenvalue weighted by Crippen LogP contribution is 2.17. The van der Waals surface area contributed by atoms with Gasteiger partial charge in [0.1, 0.15) is 0 Å². The molecule has 0 bridgehead atoms. The van der Waals surface area contributed by atoms with Gasteiger partial charge >= 0.3 is 0 Å². The zero-order chi connectivity index (χ0) is 11.5. The number of aryl methyl sites for hydroxylation is 1. The van der Waals surface area contributed by atoms with Gasteiger partial charge in [-0.3, -0.25) is 5.32 Å². The first-order valence-corrected chi connectivity index (χ1v) is 5.72. The van der Waals surface area contributed by atoms with Crippen molar-refractivity contribution in [1.29, 1.82) is 0 Å². The molecule has 1 rings (SSSR count). The van der Waals surface area contributed by atoms with Crippen LogP contribution in [0.5, 0.6) is 0 Å². The van der Waals surface area contributed by atoms with Crippen LogP contribution in [0.15, 0.2) is 22.7 Å². The highest BCUT2D eigenvalue weighted by Gasteiger charge is 2.11. The standard InChI is InChI=1S/C13H16BrN/c1-5-13(3,4)15-9-11-7-6-10(2)12(14)8-11/h1,6-8,15H,9H2,2-4H3. The first-order chi connectivity index (χ1) is 6.94. The number of terminal acetylenes is 1. The van der Waals surface area contributed by atoms with Gasteiger partial charge in [-0.2, -0.15) is 0 Å². The minimum atomic E-state index is -0.253. The van der Waals surface area contributed by atoms with E-state index < -0.39 is 0 Å². The molecule has 0 saturated heterocycles. The van der Waals surface area contributed by atoms with Crippen molar-refractivity contribution in [2.75, 3.05) is 0 Å². The number of halogens is 1. The Morgan fingerprint density at radius 1 is 1.47 bits per heavy atom. The third-order valence-electron chi connectivity index (χ3n) is 2.33. The second kappa shape index (κ2) is 4.83. The van der Waals surface area contributed by atoms with Crippen molar-refractivity contribution >= 4 is 15.9 Å². The minimum absolute atomic E-state index is 0.253. The van der Waals surface area contributed by atoms with Crippen LogP contribution in [0.2, 0.25) is 0 Å². The molecule has 1 nitrogen and oxygen atoms in total. The van der Waals surface area contributed by atoms with E-state index in [0.717, 1.165) is 11.0 Å².